The van der Waals surface area contributed by atoms with Crippen LogP contribution in [0.2, 0.25) is 0 Å². The molecular weight excluding hydrogens is 294 g/mol. The minimum Gasteiger partial charge on any atom is -0.472 e. The lowest BCUT2D eigenvalue weighted by atomic mass is 9.94. The molecule has 94 valence electrons. The quantitative estimate of drug-likeness (QED) is 0.880. The van der Waals surface area contributed by atoms with E-state index in [-0.39, 0.29) is 5.91 Å². The SMILES string of the molecule is CC(CBr)(NC(=O)c1ccoc1)c1ccccc1. The summed E-state index contributed by atoms with van der Waals surface area (Å²) >= 11 is 3.46. The molecule has 1 amide bonds. The van der Waals surface area contributed by atoms with E-state index in [9.17, 15) is 4.79 Å². The molecule has 1 atom stereocenters. The van der Waals surface area contributed by atoms with Gasteiger partial charge >= 0.3 is 0 Å². The van der Waals surface area contributed by atoms with E-state index in [1.807, 2.05) is 37.3 Å². The molecule has 0 spiro atoms. The zero-order chi connectivity index (χ0) is 13.0. The van der Waals surface area contributed by atoms with Crippen LogP contribution >= 0.6 is 15.9 Å². The molecule has 4 heteroatoms. The summed E-state index contributed by atoms with van der Waals surface area (Å²) in [5.41, 5.74) is 1.13. The average molecular weight is 308 g/mol. The Hall–Kier alpha value is -1.55. The Morgan fingerprint density at radius 1 is 1.33 bits per heavy atom. The first kappa shape index (κ1) is 12.9. The highest BCUT2D eigenvalue weighted by molar-refractivity contribution is 9.09. The van der Waals surface area contributed by atoms with Crippen molar-refractivity contribution >= 4 is 21.8 Å². The Balaban J connectivity index is 2.21. The van der Waals surface area contributed by atoms with Crippen molar-refractivity contribution in [3.8, 4) is 0 Å². The summed E-state index contributed by atoms with van der Waals surface area (Å²) in [6, 6.07) is 11.5. The second-order valence-corrected chi connectivity index (χ2v) is 4.86. The molecular formula is C14H14BrNO2. The zero-order valence-electron chi connectivity index (χ0n) is 10.0. The van der Waals surface area contributed by atoms with Crippen molar-refractivity contribution in [1.82, 2.24) is 5.32 Å². The van der Waals surface area contributed by atoms with E-state index in [2.05, 4.69) is 21.2 Å². The third-order valence-corrected chi connectivity index (χ3v) is 3.97. The van der Waals surface area contributed by atoms with Crippen LogP contribution < -0.4 is 5.32 Å². The smallest absolute Gasteiger partial charge is 0.255 e. The van der Waals surface area contributed by atoms with Gasteiger partial charge in [0, 0.05) is 5.33 Å². The first-order chi connectivity index (χ1) is 8.65. The van der Waals surface area contributed by atoms with Gasteiger partial charge in [0.1, 0.15) is 6.26 Å². The van der Waals surface area contributed by atoms with Crippen LogP contribution in [-0.2, 0) is 5.54 Å². The maximum atomic E-state index is 12.1. The molecule has 0 aliphatic heterocycles. The van der Waals surface area contributed by atoms with Gasteiger partial charge in [-0.15, -0.1) is 0 Å². The Kier molecular flexibility index (Phi) is 3.87. The van der Waals surface area contributed by atoms with Gasteiger partial charge in [-0.25, -0.2) is 0 Å². The Bertz CT molecular complexity index is 510. The molecule has 1 aromatic heterocycles. The van der Waals surface area contributed by atoms with Gasteiger partial charge in [-0.2, -0.15) is 0 Å². The van der Waals surface area contributed by atoms with Crippen LogP contribution in [0.3, 0.4) is 0 Å². The van der Waals surface area contributed by atoms with E-state index in [1.165, 1.54) is 12.5 Å². The third kappa shape index (κ3) is 2.64. The molecule has 18 heavy (non-hydrogen) atoms. The zero-order valence-corrected chi connectivity index (χ0v) is 11.6. The van der Waals surface area contributed by atoms with Crippen molar-refractivity contribution in [2.24, 2.45) is 0 Å². The number of nitrogens with one attached hydrogen (secondary N) is 1. The lowest BCUT2D eigenvalue weighted by Crippen LogP contribution is -2.44. The number of halogens is 1. The highest BCUT2D eigenvalue weighted by Crippen LogP contribution is 2.23. The van der Waals surface area contributed by atoms with Gasteiger partial charge in [0.25, 0.3) is 5.91 Å². The molecule has 0 aliphatic rings. The fourth-order valence-electron chi connectivity index (χ4n) is 1.71. The van der Waals surface area contributed by atoms with E-state index in [1.54, 1.807) is 6.07 Å². The standard InChI is InChI=1S/C14H14BrNO2/c1-14(10-15,12-5-3-2-4-6-12)16-13(17)11-7-8-18-9-11/h2-9H,10H2,1H3,(H,16,17). The number of rotatable bonds is 4. The number of furan rings is 1. The third-order valence-electron chi connectivity index (χ3n) is 2.85. The number of benzene rings is 1. The highest BCUT2D eigenvalue weighted by Gasteiger charge is 2.27. The number of hydrogen-bond acceptors (Lipinski definition) is 2. The van der Waals surface area contributed by atoms with Crippen LogP contribution in [0.25, 0.3) is 0 Å². The second-order valence-electron chi connectivity index (χ2n) is 4.30. The van der Waals surface area contributed by atoms with Gasteiger partial charge in [0.2, 0.25) is 0 Å². The predicted octanol–water partition coefficient (Wildman–Crippen LogP) is 3.32. The van der Waals surface area contributed by atoms with Crippen molar-refractivity contribution in [1.29, 1.82) is 0 Å². The van der Waals surface area contributed by atoms with Crippen molar-refractivity contribution < 1.29 is 9.21 Å². The lowest BCUT2D eigenvalue weighted by molar-refractivity contribution is 0.0913. The first-order valence-electron chi connectivity index (χ1n) is 5.62. The largest absolute Gasteiger partial charge is 0.472 e. The molecule has 0 saturated heterocycles. The summed E-state index contributed by atoms with van der Waals surface area (Å²) in [4.78, 5) is 12.1. The maximum Gasteiger partial charge on any atom is 0.255 e. The number of carbonyl (C=O) groups excluding carboxylic acids is 1. The number of carbonyl (C=O) groups is 1. The van der Waals surface area contributed by atoms with Crippen molar-refractivity contribution in [2.45, 2.75) is 12.5 Å². The summed E-state index contributed by atoms with van der Waals surface area (Å²) < 4.78 is 4.92. The molecule has 1 N–H and O–H groups in total. The lowest BCUT2D eigenvalue weighted by Gasteiger charge is -2.29. The molecule has 0 bridgehead atoms. The Labute approximate surface area is 114 Å². The van der Waals surface area contributed by atoms with E-state index in [4.69, 9.17) is 4.42 Å². The number of alkyl halides is 1. The van der Waals surface area contributed by atoms with E-state index in [0.717, 1.165) is 5.56 Å². The van der Waals surface area contributed by atoms with Crippen LogP contribution in [-0.4, -0.2) is 11.2 Å². The summed E-state index contributed by atoms with van der Waals surface area (Å²) in [7, 11) is 0. The molecule has 3 nitrogen and oxygen atoms in total. The molecule has 2 rings (SSSR count). The van der Waals surface area contributed by atoms with E-state index in [0.29, 0.717) is 10.9 Å². The molecule has 1 unspecified atom stereocenters. The molecule has 0 aliphatic carbocycles. The molecule has 2 aromatic rings. The fourth-order valence-corrected chi connectivity index (χ4v) is 2.17. The normalized spacial score (nSPS) is 13.9. The van der Waals surface area contributed by atoms with Crippen LogP contribution in [0.1, 0.15) is 22.8 Å². The van der Waals surface area contributed by atoms with Gasteiger partial charge in [-0.05, 0) is 18.6 Å². The highest BCUT2D eigenvalue weighted by atomic mass is 79.9. The summed E-state index contributed by atoms with van der Waals surface area (Å²) in [5, 5.41) is 3.65. The van der Waals surface area contributed by atoms with Crippen LogP contribution in [0.5, 0.6) is 0 Å². The molecule has 0 radical (unpaired) electrons. The van der Waals surface area contributed by atoms with Crippen molar-refractivity contribution in [3.63, 3.8) is 0 Å². The monoisotopic (exact) mass is 307 g/mol. The average Bonchev–Trinajstić information content (AvgIpc) is 2.93. The van der Waals surface area contributed by atoms with E-state index >= 15 is 0 Å². The van der Waals surface area contributed by atoms with Crippen LogP contribution in [0.15, 0.2) is 53.3 Å². The summed E-state index contributed by atoms with van der Waals surface area (Å²) in [6.45, 7) is 1.98. The van der Waals surface area contributed by atoms with Gasteiger partial charge in [0.05, 0.1) is 17.4 Å². The minimum atomic E-state index is -0.449. The Morgan fingerprint density at radius 2 is 2.06 bits per heavy atom. The molecule has 1 aromatic carbocycles. The van der Waals surface area contributed by atoms with Gasteiger partial charge in [-0.1, -0.05) is 46.3 Å². The Morgan fingerprint density at radius 3 is 2.61 bits per heavy atom. The number of hydrogen-bond donors (Lipinski definition) is 1. The summed E-state index contributed by atoms with van der Waals surface area (Å²) in [6.07, 6.45) is 2.93. The molecule has 0 saturated carbocycles. The van der Waals surface area contributed by atoms with Crippen LogP contribution in [0.4, 0.5) is 0 Å². The summed E-state index contributed by atoms with van der Waals surface area (Å²) in [5.74, 6) is -0.144. The van der Waals surface area contributed by atoms with Crippen LogP contribution in [0, 0.1) is 0 Å². The van der Waals surface area contributed by atoms with Gasteiger partial charge in [-0.3, -0.25) is 4.79 Å². The van der Waals surface area contributed by atoms with Gasteiger partial charge in [0.15, 0.2) is 0 Å². The van der Waals surface area contributed by atoms with Crippen molar-refractivity contribution in [2.75, 3.05) is 5.33 Å². The topological polar surface area (TPSA) is 42.2 Å². The predicted molar refractivity (Wildman–Crippen MR) is 73.8 cm³/mol. The van der Waals surface area contributed by atoms with Gasteiger partial charge < -0.3 is 9.73 Å². The maximum absolute atomic E-state index is 12.1. The van der Waals surface area contributed by atoms with Crippen molar-refractivity contribution in [3.05, 3.63) is 60.1 Å². The first-order valence-corrected chi connectivity index (χ1v) is 6.74. The molecule has 1 heterocycles. The number of amides is 1. The fraction of sp³-hybridized carbons (Fsp3) is 0.214. The minimum absolute atomic E-state index is 0.144. The van der Waals surface area contributed by atoms with E-state index < -0.39 is 5.54 Å². The second kappa shape index (κ2) is 5.40. The molecule has 0 fully saturated rings.